The lowest BCUT2D eigenvalue weighted by Crippen LogP contribution is -2.42. The van der Waals surface area contributed by atoms with Crippen LogP contribution in [0.25, 0.3) is 6.08 Å². The Morgan fingerprint density at radius 1 is 0.941 bits per heavy atom. The molecule has 0 unspecified atom stereocenters. The molecule has 0 aliphatic carbocycles. The van der Waals surface area contributed by atoms with Crippen molar-refractivity contribution < 1.29 is 23.9 Å². The van der Waals surface area contributed by atoms with E-state index in [0.29, 0.717) is 29.4 Å². The van der Waals surface area contributed by atoms with Crippen molar-refractivity contribution in [3.05, 3.63) is 173 Å². The highest BCUT2D eigenvalue weighted by atomic mass is 32.2. The third kappa shape index (κ3) is 9.40. The van der Waals surface area contributed by atoms with Gasteiger partial charge in [-0.3, -0.25) is 19.3 Å². The molecule has 1 aliphatic heterocycles. The summed E-state index contributed by atoms with van der Waals surface area (Å²) in [5.41, 5.74) is 4.89. The van der Waals surface area contributed by atoms with Gasteiger partial charge >= 0.3 is 0 Å². The average molecular weight is 698 g/mol. The van der Waals surface area contributed by atoms with Crippen molar-refractivity contribution in [3.8, 4) is 11.5 Å². The molecule has 0 bridgehead atoms. The van der Waals surface area contributed by atoms with E-state index in [1.807, 2.05) is 91.9 Å². The molecule has 4 aromatic carbocycles. The molecule has 5 rings (SSSR count). The second-order valence-electron chi connectivity index (χ2n) is 11.5. The van der Waals surface area contributed by atoms with Crippen LogP contribution in [-0.2, 0) is 21.0 Å². The summed E-state index contributed by atoms with van der Waals surface area (Å²) in [4.78, 5) is 46.6. The number of thioether (sulfide) groups is 1. The van der Waals surface area contributed by atoms with Crippen LogP contribution in [0.15, 0.2) is 150 Å². The lowest BCUT2D eigenvalue weighted by Gasteiger charge is -2.28. The maximum atomic E-state index is 14.1. The van der Waals surface area contributed by atoms with Gasteiger partial charge < -0.3 is 14.8 Å². The number of hydrogen-bond donors (Lipinski definition) is 1. The van der Waals surface area contributed by atoms with Crippen LogP contribution in [-0.4, -0.2) is 40.7 Å². The number of nitrogens with one attached hydrogen (secondary N) is 1. The SMILES string of the molecule is C=C/C=C\C(=C/C)N1C(=O)/C(=C/c2ccc(OCc3ccc(C)cc3)c(OC)c2)C(=O)N=C1SCC(=O)NC(c1ccccc1)c1ccccc1. The van der Waals surface area contributed by atoms with E-state index in [1.165, 1.54) is 18.1 Å². The molecule has 4 aromatic rings. The van der Waals surface area contributed by atoms with Crippen molar-refractivity contribution in [2.75, 3.05) is 12.9 Å². The number of amides is 3. The minimum absolute atomic E-state index is 0.0888. The monoisotopic (exact) mass is 697 g/mol. The van der Waals surface area contributed by atoms with Gasteiger partial charge in [0.25, 0.3) is 11.8 Å². The lowest BCUT2D eigenvalue weighted by atomic mass is 9.99. The highest BCUT2D eigenvalue weighted by Crippen LogP contribution is 2.32. The van der Waals surface area contributed by atoms with Gasteiger partial charge in [-0.2, -0.15) is 4.99 Å². The summed E-state index contributed by atoms with van der Waals surface area (Å²) in [6.07, 6.45) is 8.17. The van der Waals surface area contributed by atoms with Crippen molar-refractivity contribution in [1.82, 2.24) is 10.2 Å². The molecule has 9 heteroatoms. The zero-order chi connectivity index (χ0) is 36.2. The Kier molecular flexibility index (Phi) is 12.6. The van der Waals surface area contributed by atoms with Crippen molar-refractivity contribution in [1.29, 1.82) is 0 Å². The first-order valence-corrected chi connectivity index (χ1v) is 17.3. The Balaban J connectivity index is 1.38. The summed E-state index contributed by atoms with van der Waals surface area (Å²) in [5.74, 6) is -0.707. The van der Waals surface area contributed by atoms with Crippen molar-refractivity contribution >= 4 is 40.7 Å². The first-order valence-electron chi connectivity index (χ1n) is 16.3. The minimum atomic E-state index is -0.715. The molecule has 1 heterocycles. The summed E-state index contributed by atoms with van der Waals surface area (Å²) >= 11 is 1.01. The Morgan fingerprint density at radius 2 is 1.61 bits per heavy atom. The number of amidine groups is 1. The van der Waals surface area contributed by atoms with E-state index in [9.17, 15) is 14.4 Å². The van der Waals surface area contributed by atoms with Crippen molar-refractivity contribution in [3.63, 3.8) is 0 Å². The van der Waals surface area contributed by atoms with E-state index < -0.39 is 11.8 Å². The molecule has 3 amide bonds. The van der Waals surface area contributed by atoms with E-state index in [4.69, 9.17) is 9.47 Å². The van der Waals surface area contributed by atoms with Gasteiger partial charge in [0.2, 0.25) is 5.91 Å². The van der Waals surface area contributed by atoms with Gasteiger partial charge in [0.1, 0.15) is 12.2 Å². The lowest BCUT2D eigenvalue weighted by molar-refractivity contribution is -0.126. The number of nitrogens with zero attached hydrogens (tertiary/aromatic N) is 2. The highest BCUT2D eigenvalue weighted by Gasteiger charge is 2.35. The number of carbonyl (C=O) groups excluding carboxylic acids is 3. The molecule has 1 N–H and O–H groups in total. The maximum Gasteiger partial charge on any atom is 0.285 e. The summed E-state index contributed by atoms with van der Waals surface area (Å²) in [6.45, 7) is 7.88. The molecule has 1 aliphatic rings. The van der Waals surface area contributed by atoms with Crippen LogP contribution in [0.4, 0.5) is 0 Å². The van der Waals surface area contributed by atoms with Gasteiger partial charge in [-0.15, -0.1) is 0 Å². The molecule has 0 saturated carbocycles. The van der Waals surface area contributed by atoms with Crippen LogP contribution in [0.3, 0.4) is 0 Å². The van der Waals surface area contributed by atoms with E-state index in [2.05, 4.69) is 16.9 Å². The summed E-state index contributed by atoms with van der Waals surface area (Å²) in [5, 5.41) is 3.19. The quantitative estimate of drug-likeness (QED) is 0.0865. The first kappa shape index (κ1) is 36.4. The fraction of sp³-hybridized carbons (Fsp3) is 0.143. The minimum Gasteiger partial charge on any atom is -0.493 e. The van der Waals surface area contributed by atoms with Gasteiger partial charge in [0.05, 0.1) is 18.9 Å². The largest absolute Gasteiger partial charge is 0.493 e. The Hall–Kier alpha value is -5.93. The molecule has 258 valence electrons. The molecule has 0 spiro atoms. The van der Waals surface area contributed by atoms with Crippen LogP contribution >= 0.6 is 11.8 Å². The fourth-order valence-electron chi connectivity index (χ4n) is 5.30. The van der Waals surface area contributed by atoms with E-state index in [0.717, 1.165) is 34.0 Å². The van der Waals surface area contributed by atoms with Crippen LogP contribution < -0.4 is 14.8 Å². The van der Waals surface area contributed by atoms with Crippen LogP contribution in [0, 0.1) is 6.92 Å². The number of benzene rings is 4. The Labute approximate surface area is 302 Å². The van der Waals surface area contributed by atoms with E-state index in [1.54, 1.807) is 49.4 Å². The number of aryl methyl sites for hydroxylation is 1. The molecule has 8 nitrogen and oxygen atoms in total. The predicted octanol–water partition coefficient (Wildman–Crippen LogP) is 7.98. The second kappa shape index (κ2) is 17.6. The van der Waals surface area contributed by atoms with Crippen molar-refractivity contribution in [2.24, 2.45) is 4.99 Å². The maximum absolute atomic E-state index is 14.1. The standard InChI is InChI=1S/C42H39N3O5S/c1-5-7-18-34(6-2)45-41(48)35(25-31-23-24-36(37(26-31)49-4)50-27-30-21-19-29(3)20-22-30)40(47)44-42(45)51-28-38(46)43-39(32-14-10-8-11-15-32)33-16-12-9-13-17-33/h5-26,39H,1,27-28H2,2-4H3,(H,43,46)/b18-7-,34-6+,35-25+. The molecule has 0 atom stereocenters. The van der Waals surface area contributed by atoms with Gasteiger partial charge in [0, 0.05) is 5.70 Å². The number of allylic oxidation sites excluding steroid dienone is 4. The summed E-state index contributed by atoms with van der Waals surface area (Å²) < 4.78 is 11.6. The van der Waals surface area contributed by atoms with Gasteiger partial charge in [-0.1, -0.05) is 133 Å². The number of methoxy groups -OCH3 is 1. The zero-order valence-corrected chi connectivity index (χ0v) is 29.6. The second-order valence-corrected chi connectivity index (χ2v) is 12.4. The molecule has 0 saturated heterocycles. The molecule has 0 radical (unpaired) electrons. The first-order chi connectivity index (χ1) is 24.8. The van der Waals surface area contributed by atoms with E-state index >= 15 is 0 Å². The average Bonchev–Trinajstić information content (AvgIpc) is 3.16. The van der Waals surface area contributed by atoms with Crippen molar-refractivity contribution in [2.45, 2.75) is 26.5 Å². The van der Waals surface area contributed by atoms with Gasteiger partial charge in [0.15, 0.2) is 16.7 Å². The molecule has 51 heavy (non-hydrogen) atoms. The molecule has 0 fully saturated rings. The van der Waals surface area contributed by atoms with E-state index in [-0.39, 0.29) is 28.4 Å². The summed E-state index contributed by atoms with van der Waals surface area (Å²) in [7, 11) is 1.53. The third-order valence-corrected chi connectivity index (χ3v) is 8.87. The number of carbonyl (C=O) groups is 3. The van der Waals surface area contributed by atoms with Crippen LogP contribution in [0.5, 0.6) is 11.5 Å². The molecular weight excluding hydrogens is 659 g/mol. The third-order valence-electron chi connectivity index (χ3n) is 7.93. The normalized spacial score (nSPS) is 14.2. The predicted molar refractivity (Wildman–Crippen MR) is 204 cm³/mol. The number of rotatable bonds is 13. The fourth-order valence-corrected chi connectivity index (χ4v) is 6.11. The topological polar surface area (TPSA) is 97.3 Å². The number of aliphatic imine (C=N–C) groups is 1. The smallest absolute Gasteiger partial charge is 0.285 e. The zero-order valence-electron chi connectivity index (χ0n) is 28.7. The van der Waals surface area contributed by atoms with Gasteiger partial charge in [-0.25, -0.2) is 0 Å². The molecule has 0 aromatic heterocycles. The number of hydrogen-bond acceptors (Lipinski definition) is 6. The highest BCUT2D eigenvalue weighted by molar-refractivity contribution is 8.14. The summed E-state index contributed by atoms with van der Waals surface area (Å²) in [6, 6.07) is 32.2. The van der Waals surface area contributed by atoms with Crippen LogP contribution in [0.2, 0.25) is 0 Å². The van der Waals surface area contributed by atoms with Gasteiger partial charge in [-0.05, 0) is 60.4 Å². The Morgan fingerprint density at radius 3 is 2.22 bits per heavy atom. The number of ether oxygens (including phenoxy) is 2. The molecular formula is C42H39N3O5S. The van der Waals surface area contributed by atoms with Crippen LogP contribution in [0.1, 0.15) is 40.8 Å². The Bertz CT molecular complexity index is 1960.